The molecule has 1 unspecified atom stereocenters. The predicted octanol–water partition coefficient (Wildman–Crippen LogP) is 0.830. The van der Waals surface area contributed by atoms with Gasteiger partial charge in [-0.2, -0.15) is 0 Å². The van der Waals surface area contributed by atoms with Crippen molar-refractivity contribution in [3.8, 4) is 0 Å². The van der Waals surface area contributed by atoms with E-state index in [-0.39, 0.29) is 24.0 Å². The van der Waals surface area contributed by atoms with Gasteiger partial charge in [-0.1, -0.05) is 20.3 Å². The smallest absolute Gasteiger partial charge is 0.150 e. The van der Waals surface area contributed by atoms with Gasteiger partial charge in [-0.15, -0.1) is 0 Å². The second kappa shape index (κ2) is 5.54. The molecule has 0 saturated carbocycles. The molecule has 0 spiro atoms. The lowest BCUT2D eigenvalue weighted by molar-refractivity contribution is 0.219. The minimum Gasteiger partial charge on any atom is -0.396 e. The van der Waals surface area contributed by atoms with Crippen molar-refractivity contribution in [2.24, 2.45) is 5.92 Å². The third kappa shape index (κ3) is 4.72. The molecular weight excluding hydrogens is 176 g/mol. The van der Waals surface area contributed by atoms with Gasteiger partial charge < -0.3 is 5.11 Å². The van der Waals surface area contributed by atoms with Crippen molar-refractivity contribution in [1.82, 2.24) is 0 Å². The Morgan fingerprint density at radius 2 is 1.92 bits per heavy atom. The highest BCUT2D eigenvalue weighted by Gasteiger charge is 2.11. The molecule has 0 amide bonds. The lowest BCUT2D eigenvalue weighted by atomic mass is 10.1. The van der Waals surface area contributed by atoms with Gasteiger partial charge in [-0.25, -0.2) is 8.42 Å². The van der Waals surface area contributed by atoms with E-state index in [0.29, 0.717) is 6.42 Å². The fraction of sp³-hybridized carbons (Fsp3) is 1.00. The number of hydrogen-bond acceptors (Lipinski definition) is 3. The maximum Gasteiger partial charge on any atom is 0.150 e. The van der Waals surface area contributed by atoms with Crippen LogP contribution in [0.25, 0.3) is 0 Å². The zero-order valence-electron chi connectivity index (χ0n) is 7.78. The second-order valence-corrected chi connectivity index (χ2v) is 5.45. The van der Waals surface area contributed by atoms with E-state index >= 15 is 0 Å². The molecule has 0 aromatic carbocycles. The Bertz CT molecular complexity index is 192. The molecular formula is C8H18O3S. The first-order valence-corrected chi connectivity index (χ1v) is 6.19. The molecule has 4 heteroatoms. The van der Waals surface area contributed by atoms with Crippen molar-refractivity contribution >= 4 is 9.84 Å². The Morgan fingerprint density at radius 1 is 1.33 bits per heavy atom. The van der Waals surface area contributed by atoms with Gasteiger partial charge in [0.15, 0.2) is 0 Å². The molecule has 0 aliphatic heterocycles. The number of hydrogen-bond donors (Lipinski definition) is 1. The molecule has 0 fully saturated rings. The van der Waals surface area contributed by atoms with E-state index in [1.54, 1.807) is 6.92 Å². The molecule has 0 rings (SSSR count). The zero-order chi connectivity index (χ0) is 9.61. The van der Waals surface area contributed by atoms with E-state index in [1.807, 2.05) is 6.92 Å². The fourth-order valence-electron chi connectivity index (χ4n) is 0.915. The van der Waals surface area contributed by atoms with Crippen molar-refractivity contribution in [3.63, 3.8) is 0 Å². The monoisotopic (exact) mass is 194 g/mol. The van der Waals surface area contributed by atoms with Gasteiger partial charge in [0.2, 0.25) is 0 Å². The lowest BCUT2D eigenvalue weighted by Crippen LogP contribution is -2.14. The first kappa shape index (κ1) is 11.9. The van der Waals surface area contributed by atoms with Crippen molar-refractivity contribution in [3.05, 3.63) is 0 Å². The minimum absolute atomic E-state index is 0.0930. The Hall–Kier alpha value is -0.0900. The van der Waals surface area contributed by atoms with Crippen molar-refractivity contribution < 1.29 is 13.5 Å². The molecule has 0 aliphatic carbocycles. The summed E-state index contributed by atoms with van der Waals surface area (Å²) < 4.78 is 22.1. The van der Waals surface area contributed by atoms with Crippen LogP contribution in [0.4, 0.5) is 0 Å². The Labute approximate surface area is 74.7 Å². The van der Waals surface area contributed by atoms with E-state index in [1.165, 1.54) is 0 Å². The van der Waals surface area contributed by atoms with E-state index in [9.17, 15) is 8.42 Å². The predicted molar refractivity (Wildman–Crippen MR) is 49.8 cm³/mol. The molecule has 12 heavy (non-hydrogen) atoms. The molecule has 3 nitrogen and oxygen atoms in total. The molecule has 0 aromatic heterocycles. The summed E-state index contributed by atoms with van der Waals surface area (Å²) in [6.07, 6.45) is 1.43. The van der Waals surface area contributed by atoms with Crippen molar-refractivity contribution in [1.29, 1.82) is 0 Å². The van der Waals surface area contributed by atoms with Crippen LogP contribution in [0.5, 0.6) is 0 Å². The van der Waals surface area contributed by atoms with Crippen LogP contribution in [0, 0.1) is 5.92 Å². The van der Waals surface area contributed by atoms with Gasteiger partial charge in [0.1, 0.15) is 9.84 Å². The zero-order valence-corrected chi connectivity index (χ0v) is 8.60. The third-order valence-corrected chi connectivity index (χ3v) is 3.85. The summed E-state index contributed by atoms with van der Waals surface area (Å²) in [5.74, 6) is 0.559. The Morgan fingerprint density at radius 3 is 2.25 bits per heavy atom. The van der Waals surface area contributed by atoms with Crippen molar-refractivity contribution in [2.45, 2.75) is 26.7 Å². The molecule has 1 atom stereocenters. The average Bonchev–Trinajstić information content (AvgIpc) is 2.06. The summed E-state index contributed by atoms with van der Waals surface area (Å²) in [7, 11) is -2.85. The molecule has 0 heterocycles. The van der Waals surface area contributed by atoms with Gasteiger partial charge >= 0.3 is 0 Å². The minimum atomic E-state index is -2.85. The quantitative estimate of drug-likeness (QED) is 0.681. The summed E-state index contributed by atoms with van der Waals surface area (Å²) in [6.45, 7) is 3.70. The molecule has 0 aromatic rings. The van der Waals surface area contributed by atoms with Crippen LogP contribution >= 0.6 is 0 Å². The normalized spacial score (nSPS) is 14.6. The molecule has 1 N–H and O–H groups in total. The number of aliphatic hydroxyl groups excluding tert-OH is 1. The molecule has 0 radical (unpaired) electrons. The summed E-state index contributed by atoms with van der Waals surface area (Å²) in [6, 6.07) is 0. The van der Waals surface area contributed by atoms with E-state index in [2.05, 4.69) is 0 Å². The standard InChI is InChI=1S/C8H18O3S/c1-3-8(7-9)5-6-12(10,11)4-2/h8-9H,3-7H2,1-2H3. The summed E-state index contributed by atoms with van der Waals surface area (Å²) in [5, 5.41) is 8.80. The average molecular weight is 194 g/mol. The highest BCUT2D eigenvalue weighted by Crippen LogP contribution is 2.08. The maximum absolute atomic E-state index is 11.1. The van der Waals surface area contributed by atoms with E-state index < -0.39 is 9.84 Å². The van der Waals surface area contributed by atoms with Crippen LogP contribution in [-0.4, -0.2) is 31.6 Å². The second-order valence-electron chi connectivity index (χ2n) is 2.98. The van der Waals surface area contributed by atoms with Gasteiger partial charge in [-0.05, 0) is 12.3 Å². The number of aliphatic hydroxyl groups is 1. The Kier molecular flexibility index (Phi) is 5.50. The summed E-state index contributed by atoms with van der Waals surface area (Å²) >= 11 is 0. The first-order chi connectivity index (χ1) is 5.55. The van der Waals surface area contributed by atoms with Gasteiger partial charge in [0.05, 0.1) is 5.75 Å². The SMILES string of the molecule is CCC(CO)CCS(=O)(=O)CC. The van der Waals surface area contributed by atoms with Crippen LogP contribution < -0.4 is 0 Å². The first-order valence-electron chi connectivity index (χ1n) is 4.37. The molecule has 0 saturated heterocycles. The van der Waals surface area contributed by atoms with Crippen molar-refractivity contribution in [2.75, 3.05) is 18.1 Å². The van der Waals surface area contributed by atoms with Crippen LogP contribution in [0.3, 0.4) is 0 Å². The third-order valence-electron chi connectivity index (χ3n) is 2.11. The van der Waals surface area contributed by atoms with Gasteiger partial charge in [0.25, 0.3) is 0 Å². The molecule has 0 bridgehead atoms. The van der Waals surface area contributed by atoms with E-state index in [0.717, 1.165) is 6.42 Å². The van der Waals surface area contributed by atoms with Gasteiger partial charge in [-0.3, -0.25) is 0 Å². The lowest BCUT2D eigenvalue weighted by Gasteiger charge is -2.10. The number of sulfone groups is 1. The topological polar surface area (TPSA) is 54.4 Å². The van der Waals surface area contributed by atoms with Crippen LogP contribution in [0.15, 0.2) is 0 Å². The molecule has 0 aliphatic rings. The highest BCUT2D eigenvalue weighted by molar-refractivity contribution is 7.91. The highest BCUT2D eigenvalue weighted by atomic mass is 32.2. The molecule has 74 valence electrons. The fourth-order valence-corrected chi connectivity index (χ4v) is 1.90. The van der Waals surface area contributed by atoms with Crippen LogP contribution in [0.2, 0.25) is 0 Å². The summed E-state index contributed by atoms with van der Waals surface area (Å²) in [5.41, 5.74) is 0. The largest absolute Gasteiger partial charge is 0.396 e. The number of rotatable bonds is 6. The van der Waals surface area contributed by atoms with Gasteiger partial charge in [0, 0.05) is 12.4 Å². The van der Waals surface area contributed by atoms with Crippen LogP contribution in [0.1, 0.15) is 26.7 Å². The van der Waals surface area contributed by atoms with E-state index in [4.69, 9.17) is 5.11 Å². The summed E-state index contributed by atoms with van der Waals surface area (Å²) in [4.78, 5) is 0. The van der Waals surface area contributed by atoms with Crippen LogP contribution in [-0.2, 0) is 9.84 Å². The maximum atomic E-state index is 11.1. The Balaban J connectivity index is 3.81.